The minimum Gasteiger partial charge on any atom is -0.356 e. The van der Waals surface area contributed by atoms with Crippen LogP contribution in [0.5, 0.6) is 0 Å². The maximum Gasteiger partial charge on any atom is 0.315 e. The van der Waals surface area contributed by atoms with Gasteiger partial charge in [-0.15, -0.1) is 0 Å². The first kappa shape index (κ1) is 18.9. The summed E-state index contributed by atoms with van der Waals surface area (Å²) in [5.41, 5.74) is 0.967. The first-order chi connectivity index (χ1) is 12.4. The molecule has 2 aliphatic rings. The van der Waals surface area contributed by atoms with Crippen molar-refractivity contribution in [2.45, 2.75) is 57.2 Å². The van der Waals surface area contributed by atoms with Crippen LogP contribution in [0.2, 0.25) is 0 Å². The summed E-state index contributed by atoms with van der Waals surface area (Å²) in [6.07, 6.45) is 8.43. The van der Waals surface area contributed by atoms with Gasteiger partial charge in [-0.1, -0.05) is 25.3 Å². The minimum absolute atomic E-state index is 0.0307. The molecule has 1 aromatic heterocycles. The maximum atomic E-state index is 12.1. The number of pyridine rings is 1. The Balaban J connectivity index is 1.57. The molecule has 0 bridgehead atoms. The molecular weight excluding hydrogens is 352 g/mol. The molecule has 144 valence electrons. The Morgan fingerprint density at radius 2 is 2.04 bits per heavy atom. The Kier molecular flexibility index (Phi) is 6.01. The van der Waals surface area contributed by atoms with Gasteiger partial charge in [-0.2, -0.15) is 0 Å². The second kappa shape index (κ2) is 8.24. The van der Waals surface area contributed by atoms with Gasteiger partial charge < -0.3 is 15.5 Å². The number of rotatable bonds is 5. The third-order valence-electron chi connectivity index (χ3n) is 5.33. The van der Waals surface area contributed by atoms with E-state index in [0.29, 0.717) is 19.0 Å². The van der Waals surface area contributed by atoms with Gasteiger partial charge in [0.1, 0.15) is 5.82 Å². The van der Waals surface area contributed by atoms with Gasteiger partial charge in [-0.25, -0.2) is 18.2 Å². The first-order valence-electron chi connectivity index (χ1n) is 9.36. The summed E-state index contributed by atoms with van der Waals surface area (Å²) in [6, 6.07) is 3.72. The molecule has 0 unspecified atom stereocenters. The highest BCUT2D eigenvalue weighted by Crippen LogP contribution is 2.26. The van der Waals surface area contributed by atoms with Crippen molar-refractivity contribution in [1.29, 1.82) is 0 Å². The van der Waals surface area contributed by atoms with Crippen LogP contribution in [0.25, 0.3) is 0 Å². The molecule has 8 heteroatoms. The topological polar surface area (TPSA) is 91.4 Å². The molecule has 1 aromatic rings. The van der Waals surface area contributed by atoms with Crippen LogP contribution in [0.4, 0.5) is 10.6 Å². The van der Waals surface area contributed by atoms with E-state index in [9.17, 15) is 13.2 Å². The lowest BCUT2D eigenvalue weighted by Gasteiger charge is -2.33. The molecule has 2 heterocycles. The average molecular weight is 381 g/mol. The van der Waals surface area contributed by atoms with E-state index >= 15 is 0 Å². The highest BCUT2D eigenvalue weighted by Gasteiger charge is 2.29. The monoisotopic (exact) mass is 380 g/mol. The van der Waals surface area contributed by atoms with Crippen LogP contribution in [0.15, 0.2) is 18.3 Å². The minimum atomic E-state index is -3.00. The molecule has 2 N–H and O–H groups in total. The predicted molar refractivity (Wildman–Crippen MR) is 102 cm³/mol. The highest BCUT2D eigenvalue weighted by atomic mass is 32.2. The second-order valence-corrected chi connectivity index (χ2v) is 9.54. The molecule has 2 amide bonds. The summed E-state index contributed by atoms with van der Waals surface area (Å²) in [5, 5.41) is 5.59. The SMILES string of the molecule is CN(c1ncccc1CNC(=O)N[C@H]1CCS(=O)(=O)C1)C1CCCCC1. The van der Waals surface area contributed by atoms with E-state index in [2.05, 4.69) is 27.6 Å². The number of hydrogen-bond donors (Lipinski definition) is 2. The molecule has 1 saturated carbocycles. The molecule has 0 radical (unpaired) electrons. The van der Waals surface area contributed by atoms with Gasteiger partial charge in [0.05, 0.1) is 11.5 Å². The van der Waals surface area contributed by atoms with Gasteiger partial charge in [-0.05, 0) is 25.3 Å². The number of carbonyl (C=O) groups is 1. The zero-order valence-electron chi connectivity index (χ0n) is 15.3. The fourth-order valence-corrected chi connectivity index (χ4v) is 5.52. The predicted octanol–water partition coefficient (Wildman–Crippen LogP) is 1.84. The van der Waals surface area contributed by atoms with Crippen molar-refractivity contribution in [1.82, 2.24) is 15.6 Å². The van der Waals surface area contributed by atoms with E-state index in [-0.39, 0.29) is 23.6 Å². The number of hydrogen-bond acceptors (Lipinski definition) is 5. The first-order valence-corrected chi connectivity index (χ1v) is 11.2. The summed E-state index contributed by atoms with van der Waals surface area (Å²) in [7, 11) is -0.923. The Labute approximate surface area is 155 Å². The molecular formula is C18H28N4O3S. The number of sulfone groups is 1. The fraction of sp³-hybridized carbons (Fsp3) is 0.667. The number of aromatic nitrogens is 1. The van der Waals surface area contributed by atoms with Crippen LogP contribution in [-0.2, 0) is 16.4 Å². The van der Waals surface area contributed by atoms with E-state index in [1.54, 1.807) is 6.20 Å². The number of nitrogens with one attached hydrogen (secondary N) is 2. The van der Waals surface area contributed by atoms with Crippen LogP contribution in [0.3, 0.4) is 0 Å². The van der Waals surface area contributed by atoms with Gasteiger partial charge in [-0.3, -0.25) is 0 Å². The molecule has 1 atom stereocenters. The largest absolute Gasteiger partial charge is 0.356 e. The molecule has 1 aliphatic carbocycles. The van der Waals surface area contributed by atoms with Crippen molar-refractivity contribution in [2.24, 2.45) is 0 Å². The van der Waals surface area contributed by atoms with Gasteiger partial charge in [0, 0.05) is 37.4 Å². The van der Waals surface area contributed by atoms with Crippen molar-refractivity contribution in [3.8, 4) is 0 Å². The Morgan fingerprint density at radius 1 is 1.27 bits per heavy atom. The standard InChI is InChI=1S/C18H28N4O3S/c1-22(16-7-3-2-4-8-16)17-14(6-5-10-19-17)12-20-18(23)21-15-9-11-26(24,25)13-15/h5-6,10,15-16H,2-4,7-9,11-13H2,1H3,(H2,20,21,23)/t15-/m0/s1. The zero-order valence-corrected chi connectivity index (χ0v) is 16.1. The summed E-state index contributed by atoms with van der Waals surface area (Å²) >= 11 is 0. The van der Waals surface area contributed by atoms with Crippen molar-refractivity contribution in [3.05, 3.63) is 23.9 Å². The van der Waals surface area contributed by atoms with E-state index in [0.717, 1.165) is 11.4 Å². The smallest absolute Gasteiger partial charge is 0.315 e. The quantitative estimate of drug-likeness (QED) is 0.813. The lowest BCUT2D eigenvalue weighted by Crippen LogP contribution is -2.42. The zero-order chi connectivity index (χ0) is 18.6. The number of carbonyl (C=O) groups excluding carboxylic acids is 1. The average Bonchev–Trinajstić information content (AvgIpc) is 2.98. The number of amides is 2. The lowest BCUT2D eigenvalue weighted by molar-refractivity contribution is 0.237. The summed E-state index contributed by atoms with van der Waals surface area (Å²) in [5.74, 6) is 1.09. The third kappa shape index (κ3) is 4.87. The second-order valence-electron chi connectivity index (χ2n) is 7.32. The van der Waals surface area contributed by atoms with Crippen LogP contribution in [0.1, 0.15) is 44.1 Å². The van der Waals surface area contributed by atoms with E-state index in [1.807, 2.05) is 12.1 Å². The van der Waals surface area contributed by atoms with Crippen LogP contribution < -0.4 is 15.5 Å². The van der Waals surface area contributed by atoms with E-state index in [4.69, 9.17) is 0 Å². The van der Waals surface area contributed by atoms with Crippen molar-refractivity contribution < 1.29 is 13.2 Å². The number of urea groups is 1. The Bertz CT molecular complexity index is 732. The highest BCUT2D eigenvalue weighted by molar-refractivity contribution is 7.91. The lowest BCUT2D eigenvalue weighted by atomic mass is 9.94. The van der Waals surface area contributed by atoms with Gasteiger partial charge >= 0.3 is 6.03 Å². The molecule has 26 heavy (non-hydrogen) atoms. The maximum absolute atomic E-state index is 12.1. The summed E-state index contributed by atoms with van der Waals surface area (Å²) < 4.78 is 23.0. The number of anilines is 1. The Hall–Kier alpha value is -1.83. The number of nitrogens with zero attached hydrogens (tertiary/aromatic N) is 2. The molecule has 2 fully saturated rings. The molecule has 7 nitrogen and oxygen atoms in total. The van der Waals surface area contributed by atoms with Crippen LogP contribution in [0, 0.1) is 0 Å². The molecule has 1 aliphatic heterocycles. The fourth-order valence-electron chi connectivity index (χ4n) is 3.85. The van der Waals surface area contributed by atoms with Crippen molar-refractivity contribution in [3.63, 3.8) is 0 Å². The van der Waals surface area contributed by atoms with Crippen molar-refractivity contribution >= 4 is 21.7 Å². The Morgan fingerprint density at radius 3 is 2.73 bits per heavy atom. The van der Waals surface area contributed by atoms with Crippen LogP contribution in [-0.4, -0.2) is 50.1 Å². The van der Waals surface area contributed by atoms with E-state index < -0.39 is 9.84 Å². The normalized spacial score (nSPS) is 22.7. The molecule has 1 saturated heterocycles. The molecule has 0 spiro atoms. The summed E-state index contributed by atoms with van der Waals surface area (Å²) in [4.78, 5) is 18.9. The van der Waals surface area contributed by atoms with Gasteiger partial charge in [0.2, 0.25) is 0 Å². The van der Waals surface area contributed by atoms with Gasteiger partial charge in [0.15, 0.2) is 9.84 Å². The van der Waals surface area contributed by atoms with E-state index in [1.165, 1.54) is 32.1 Å². The molecule has 3 rings (SSSR count). The van der Waals surface area contributed by atoms with Crippen LogP contribution >= 0.6 is 0 Å². The van der Waals surface area contributed by atoms with Crippen molar-refractivity contribution in [2.75, 3.05) is 23.5 Å². The molecule has 0 aromatic carbocycles. The third-order valence-corrected chi connectivity index (χ3v) is 7.10. The van der Waals surface area contributed by atoms with Gasteiger partial charge in [0.25, 0.3) is 0 Å². The summed E-state index contributed by atoms with van der Waals surface area (Å²) in [6.45, 7) is 0.367.